The van der Waals surface area contributed by atoms with Crippen molar-refractivity contribution in [1.82, 2.24) is 10.2 Å². The summed E-state index contributed by atoms with van der Waals surface area (Å²) < 4.78 is 0. The molecular weight excluding hydrogens is 228 g/mol. The summed E-state index contributed by atoms with van der Waals surface area (Å²) in [5, 5.41) is 8.23. The van der Waals surface area contributed by atoms with E-state index in [0.717, 1.165) is 12.1 Å². The number of likely N-dealkylation sites (tertiary alicyclic amines) is 1. The number of nitrogens with one attached hydrogen (secondary N) is 1. The summed E-state index contributed by atoms with van der Waals surface area (Å²) in [5.41, 5.74) is 1.50. The Labute approximate surface area is 108 Å². The lowest BCUT2D eigenvalue weighted by molar-refractivity contribution is 0.250. The van der Waals surface area contributed by atoms with E-state index in [1.54, 1.807) is 0 Å². The quantitative estimate of drug-likeness (QED) is 0.864. The minimum atomic E-state index is 0.690. The molecule has 17 heavy (non-hydrogen) atoms. The first-order valence-electron chi connectivity index (χ1n) is 6.82. The number of hydrogen-bond acceptors (Lipinski definition) is 3. The van der Waals surface area contributed by atoms with Crippen LogP contribution in [0.3, 0.4) is 0 Å². The minimum Gasteiger partial charge on any atom is -0.310 e. The lowest BCUT2D eigenvalue weighted by Gasteiger charge is -2.24. The molecule has 0 amide bonds. The minimum absolute atomic E-state index is 0.690. The molecule has 1 saturated heterocycles. The van der Waals surface area contributed by atoms with Crippen LogP contribution in [-0.2, 0) is 6.42 Å². The first-order chi connectivity index (χ1) is 8.31. The number of nitrogens with zero attached hydrogens (tertiary/aromatic N) is 1. The lowest BCUT2D eigenvalue weighted by Crippen LogP contribution is -2.37. The molecule has 1 aromatic rings. The first-order valence-corrected chi connectivity index (χ1v) is 7.77. The van der Waals surface area contributed by atoms with E-state index in [0.29, 0.717) is 6.04 Å². The molecule has 1 aliphatic heterocycles. The standard InChI is InChI=1S/C14H22N2S/c1-11(8-12-5-7-17-10-12)16-6-4-14(9-16)15-13-2-3-13/h5,7,10-11,13-15H,2-4,6,8-9H2,1H3. The van der Waals surface area contributed by atoms with Crippen molar-refractivity contribution in [2.75, 3.05) is 13.1 Å². The van der Waals surface area contributed by atoms with Crippen LogP contribution in [0.1, 0.15) is 31.7 Å². The third-order valence-corrected chi connectivity index (χ3v) is 4.74. The van der Waals surface area contributed by atoms with Gasteiger partial charge >= 0.3 is 0 Å². The summed E-state index contributed by atoms with van der Waals surface area (Å²) in [6.45, 7) is 4.90. The Hall–Kier alpha value is -0.380. The zero-order valence-electron chi connectivity index (χ0n) is 10.6. The summed E-state index contributed by atoms with van der Waals surface area (Å²) in [6.07, 6.45) is 5.35. The van der Waals surface area contributed by atoms with Crippen LogP contribution in [0.2, 0.25) is 0 Å². The highest BCUT2D eigenvalue weighted by Gasteiger charge is 2.30. The highest BCUT2D eigenvalue weighted by atomic mass is 32.1. The summed E-state index contributed by atoms with van der Waals surface area (Å²) in [4.78, 5) is 2.65. The van der Waals surface area contributed by atoms with E-state index in [1.807, 2.05) is 11.3 Å². The summed E-state index contributed by atoms with van der Waals surface area (Å²) in [7, 11) is 0. The fourth-order valence-electron chi connectivity index (χ4n) is 2.79. The van der Waals surface area contributed by atoms with Crippen LogP contribution >= 0.6 is 11.3 Å². The Morgan fingerprint density at radius 1 is 1.41 bits per heavy atom. The Balaban J connectivity index is 1.47. The van der Waals surface area contributed by atoms with Gasteiger partial charge in [0.1, 0.15) is 0 Å². The van der Waals surface area contributed by atoms with Crippen LogP contribution in [-0.4, -0.2) is 36.1 Å². The van der Waals surface area contributed by atoms with E-state index in [9.17, 15) is 0 Å². The molecule has 3 heteroatoms. The molecule has 2 aliphatic rings. The van der Waals surface area contributed by atoms with Crippen LogP contribution in [0.5, 0.6) is 0 Å². The monoisotopic (exact) mass is 250 g/mol. The van der Waals surface area contributed by atoms with Crippen molar-refractivity contribution < 1.29 is 0 Å². The molecule has 2 atom stereocenters. The lowest BCUT2D eigenvalue weighted by atomic mass is 10.1. The van der Waals surface area contributed by atoms with Gasteiger partial charge in [0.2, 0.25) is 0 Å². The van der Waals surface area contributed by atoms with Gasteiger partial charge in [0.05, 0.1) is 0 Å². The van der Waals surface area contributed by atoms with Crippen LogP contribution in [0.15, 0.2) is 16.8 Å². The third-order valence-electron chi connectivity index (χ3n) is 4.00. The Kier molecular flexibility index (Phi) is 3.50. The van der Waals surface area contributed by atoms with Gasteiger partial charge in [0.25, 0.3) is 0 Å². The van der Waals surface area contributed by atoms with E-state index in [-0.39, 0.29) is 0 Å². The third kappa shape index (κ3) is 3.09. The molecule has 2 unspecified atom stereocenters. The predicted molar refractivity (Wildman–Crippen MR) is 73.6 cm³/mol. The number of hydrogen-bond donors (Lipinski definition) is 1. The van der Waals surface area contributed by atoms with Crippen LogP contribution in [0, 0.1) is 0 Å². The molecule has 94 valence electrons. The second-order valence-corrected chi connectivity index (χ2v) is 6.39. The van der Waals surface area contributed by atoms with Crippen molar-refractivity contribution >= 4 is 11.3 Å². The highest BCUT2D eigenvalue weighted by Crippen LogP contribution is 2.23. The number of rotatable bonds is 5. The fourth-order valence-corrected chi connectivity index (χ4v) is 3.47. The van der Waals surface area contributed by atoms with Crippen molar-refractivity contribution in [1.29, 1.82) is 0 Å². The molecule has 2 nitrogen and oxygen atoms in total. The summed E-state index contributed by atoms with van der Waals surface area (Å²) in [6, 6.07) is 4.56. The zero-order valence-corrected chi connectivity index (χ0v) is 11.4. The van der Waals surface area contributed by atoms with Crippen LogP contribution in [0.4, 0.5) is 0 Å². The molecule has 1 aromatic heterocycles. The van der Waals surface area contributed by atoms with E-state index in [4.69, 9.17) is 0 Å². The SMILES string of the molecule is CC(Cc1ccsc1)N1CCC(NC2CC2)C1. The smallest absolute Gasteiger partial charge is 0.0209 e. The van der Waals surface area contributed by atoms with Gasteiger partial charge in [0, 0.05) is 31.2 Å². The van der Waals surface area contributed by atoms with Gasteiger partial charge in [-0.1, -0.05) is 0 Å². The van der Waals surface area contributed by atoms with Crippen LogP contribution in [0.25, 0.3) is 0 Å². The van der Waals surface area contributed by atoms with Gasteiger partial charge in [-0.25, -0.2) is 0 Å². The van der Waals surface area contributed by atoms with Gasteiger partial charge in [0.15, 0.2) is 0 Å². The average Bonchev–Trinajstić information content (AvgIpc) is 2.81. The van der Waals surface area contributed by atoms with Crippen molar-refractivity contribution in [2.45, 2.75) is 50.7 Å². The second kappa shape index (κ2) is 5.09. The average molecular weight is 250 g/mol. The Morgan fingerprint density at radius 2 is 2.29 bits per heavy atom. The maximum atomic E-state index is 3.76. The van der Waals surface area contributed by atoms with E-state index in [2.05, 4.69) is 34.0 Å². The molecular formula is C14H22N2S. The van der Waals surface area contributed by atoms with Crippen molar-refractivity contribution in [3.8, 4) is 0 Å². The molecule has 1 saturated carbocycles. The Bertz CT molecular complexity index is 345. The molecule has 0 aromatic carbocycles. The molecule has 3 rings (SSSR count). The number of thiophene rings is 1. The van der Waals surface area contributed by atoms with E-state index >= 15 is 0 Å². The van der Waals surface area contributed by atoms with Gasteiger partial charge in [-0.2, -0.15) is 11.3 Å². The first kappa shape index (κ1) is 11.7. The molecule has 2 heterocycles. The molecule has 0 radical (unpaired) electrons. The second-order valence-electron chi connectivity index (χ2n) is 5.61. The zero-order chi connectivity index (χ0) is 11.7. The molecule has 0 bridgehead atoms. The van der Waals surface area contributed by atoms with E-state index < -0.39 is 0 Å². The van der Waals surface area contributed by atoms with Gasteiger partial charge < -0.3 is 5.32 Å². The largest absolute Gasteiger partial charge is 0.310 e. The van der Waals surface area contributed by atoms with Crippen molar-refractivity contribution in [2.24, 2.45) is 0 Å². The predicted octanol–water partition coefficient (Wildman–Crippen LogP) is 2.51. The molecule has 1 N–H and O–H groups in total. The molecule has 2 fully saturated rings. The van der Waals surface area contributed by atoms with Gasteiger partial charge in [-0.05, 0) is 55.0 Å². The van der Waals surface area contributed by atoms with Gasteiger partial charge in [-0.15, -0.1) is 0 Å². The normalized spacial score (nSPS) is 27.5. The molecule has 1 aliphatic carbocycles. The highest BCUT2D eigenvalue weighted by molar-refractivity contribution is 7.07. The fraction of sp³-hybridized carbons (Fsp3) is 0.714. The van der Waals surface area contributed by atoms with Crippen LogP contribution < -0.4 is 5.32 Å². The molecule has 0 spiro atoms. The maximum Gasteiger partial charge on any atom is 0.0209 e. The van der Waals surface area contributed by atoms with E-state index in [1.165, 1.54) is 44.3 Å². The van der Waals surface area contributed by atoms with Crippen molar-refractivity contribution in [3.63, 3.8) is 0 Å². The Morgan fingerprint density at radius 3 is 3.00 bits per heavy atom. The topological polar surface area (TPSA) is 15.3 Å². The van der Waals surface area contributed by atoms with Crippen molar-refractivity contribution in [3.05, 3.63) is 22.4 Å². The maximum absolute atomic E-state index is 3.76. The van der Waals surface area contributed by atoms with Gasteiger partial charge in [-0.3, -0.25) is 4.90 Å². The summed E-state index contributed by atoms with van der Waals surface area (Å²) >= 11 is 1.81. The summed E-state index contributed by atoms with van der Waals surface area (Å²) in [5.74, 6) is 0.